The van der Waals surface area contributed by atoms with E-state index >= 15 is 0 Å². The van der Waals surface area contributed by atoms with Crippen LogP contribution in [0.3, 0.4) is 0 Å². The molecule has 3 heterocycles. The lowest BCUT2D eigenvalue weighted by molar-refractivity contribution is 0.0913. The summed E-state index contributed by atoms with van der Waals surface area (Å²) in [4.78, 5) is 117. The third-order valence-electron chi connectivity index (χ3n) is 13.5. The molecular formula is C53H66N12O12. The first-order chi connectivity index (χ1) is 37.2. The number of benzene rings is 4. The van der Waals surface area contributed by atoms with Gasteiger partial charge in [-0.2, -0.15) is 0 Å². The van der Waals surface area contributed by atoms with E-state index < -0.39 is 70.3 Å². The zero-order valence-corrected chi connectivity index (χ0v) is 42.6. The average Bonchev–Trinajstić information content (AvgIpc) is 3.41. The van der Waals surface area contributed by atoms with Crippen LogP contribution in [-0.2, 0) is 0 Å². The fraction of sp³-hybridized carbons (Fsp3) is 0.396. The SMILES string of the molecule is O=C1NCCCN2CCNC(=O)c3cccc(c3O)C(=O)NCCN(CCNC(=O)c3cccc1c3O)CCN1CCNC(=O)c3cccc(c3O)C(=O)NCCN(CCNC(=O)c3cccc(c3O)C(=O)NCC1)CC2. The molecule has 0 aliphatic carbocycles. The summed E-state index contributed by atoms with van der Waals surface area (Å²) in [5.41, 5.74) is -1.00. The van der Waals surface area contributed by atoms with Crippen LogP contribution in [0.5, 0.6) is 23.0 Å². The summed E-state index contributed by atoms with van der Waals surface area (Å²) in [5, 5.41) is 67.5. The monoisotopic (exact) mass is 1060 g/mol. The number of phenols is 4. The van der Waals surface area contributed by atoms with E-state index in [1.54, 1.807) is 0 Å². The Morgan fingerprint density at radius 1 is 0.247 bits per heavy atom. The molecule has 8 amide bonds. The molecule has 0 radical (unpaired) electrons. The number of aromatic hydroxyl groups is 4. The molecule has 4 aromatic carbocycles. The number of para-hydroxylation sites is 4. The van der Waals surface area contributed by atoms with Gasteiger partial charge in [0.2, 0.25) is 0 Å². The summed E-state index contributed by atoms with van der Waals surface area (Å²) in [6, 6.07) is 17.1. The van der Waals surface area contributed by atoms with Crippen LogP contribution in [0.1, 0.15) is 89.3 Å². The molecule has 0 aromatic heterocycles. The number of amides is 8. The van der Waals surface area contributed by atoms with Crippen LogP contribution in [0, 0.1) is 0 Å². The number of phenolic OH excluding ortho intramolecular Hbond substituents is 4. The van der Waals surface area contributed by atoms with Crippen molar-refractivity contribution in [1.29, 1.82) is 0 Å². The maximum absolute atomic E-state index is 13.6. The average molecular weight is 1060 g/mol. The smallest absolute Gasteiger partial charge is 0.255 e. The van der Waals surface area contributed by atoms with Crippen LogP contribution in [-0.4, -0.2) is 218 Å². The standard InChI is InChI=1S/C53H66N12O12/c66-42-34-6-1-7-35(42)48(72)58-18-26-64-27-19-59-51(75)37-9-2-8-36(43(37)67)47(71)55-15-23-62(22-5-14-54-46(34)70)30-31-63-24-16-56-49(73)38-10-3-12-40(44(38)68)52(76)60-20-28-65(33-32-64)29-21-61-53(77)41-13-4-11-39(45(41)69)50(74)57-17-25-63/h1-4,6-13,66-69H,5,14-33H2,(H,54,70)(H,55,71)(H,56,73)(H,57,74)(H,58,72)(H,59,75)(H,60,76)(H,61,77). The number of carbonyl (C=O) groups is 8. The molecule has 0 spiro atoms. The number of hydrogen-bond acceptors (Lipinski definition) is 16. The highest BCUT2D eigenvalue weighted by atomic mass is 16.3. The lowest BCUT2D eigenvalue weighted by Crippen LogP contribution is -2.46. The first-order valence-electron chi connectivity index (χ1n) is 25.6. The van der Waals surface area contributed by atoms with Crippen LogP contribution in [0.4, 0.5) is 0 Å². The Morgan fingerprint density at radius 2 is 0.416 bits per heavy atom. The second kappa shape index (κ2) is 27.5. The molecule has 3 aliphatic heterocycles. The Bertz CT molecular complexity index is 2740. The van der Waals surface area contributed by atoms with Crippen molar-refractivity contribution in [3.63, 3.8) is 0 Å². The predicted molar refractivity (Wildman–Crippen MR) is 281 cm³/mol. The third kappa shape index (κ3) is 15.2. The lowest BCUT2D eigenvalue weighted by Gasteiger charge is -2.28. The Balaban J connectivity index is 1.27. The number of rotatable bonds is 0. The minimum atomic E-state index is -0.649. The Labute approximate surface area is 444 Å². The minimum Gasteiger partial charge on any atom is -0.506 e. The predicted octanol–water partition coefficient (Wildman–Crippen LogP) is -0.913. The topological polar surface area (TPSA) is 327 Å². The van der Waals surface area contributed by atoms with Gasteiger partial charge in [-0.25, -0.2) is 0 Å². The molecule has 7 rings (SSSR count). The summed E-state index contributed by atoms with van der Waals surface area (Å²) in [6.45, 7) is 3.36. The summed E-state index contributed by atoms with van der Waals surface area (Å²) in [7, 11) is 0. The number of nitrogens with zero attached hydrogens (tertiary/aromatic N) is 4. The van der Waals surface area contributed by atoms with Gasteiger partial charge in [0.25, 0.3) is 47.3 Å². The van der Waals surface area contributed by atoms with Gasteiger partial charge in [-0.1, -0.05) is 24.3 Å². The van der Waals surface area contributed by atoms with Gasteiger partial charge in [-0.3, -0.25) is 53.1 Å². The van der Waals surface area contributed by atoms with Crippen molar-refractivity contribution < 1.29 is 58.8 Å². The first kappa shape index (κ1) is 56.4. The molecule has 12 N–H and O–H groups in total. The first-order valence-corrected chi connectivity index (χ1v) is 25.6. The van der Waals surface area contributed by atoms with Gasteiger partial charge in [0, 0.05) is 124 Å². The van der Waals surface area contributed by atoms with Gasteiger partial charge < -0.3 is 67.9 Å². The maximum atomic E-state index is 13.6. The van der Waals surface area contributed by atoms with Crippen LogP contribution in [0.2, 0.25) is 0 Å². The highest BCUT2D eigenvalue weighted by Gasteiger charge is 2.25. The third-order valence-corrected chi connectivity index (χ3v) is 13.5. The van der Waals surface area contributed by atoms with E-state index in [0.717, 1.165) is 0 Å². The van der Waals surface area contributed by atoms with E-state index in [2.05, 4.69) is 42.5 Å². The molecule has 24 nitrogen and oxygen atoms in total. The molecule has 12 bridgehead atoms. The fourth-order valence-electron chi connectivity index (χ4n) is 9.11. The van der Waals surface area contributed by atoms with Gasteiger partial charge >= 0.3 is 0 Å². The van der Waals surface area contributed by atoms with Gasteiger partial charge in [-0.15, -0.1) is 0 Å². The number of nitrogens with one attached hydrogen (secondary N) is 8. The van der Waals surface area contributed by atoms with E-state index in [9.17, 15) is 58.8 Å². The highest BCUT2D eigenvalue weighted by Crippen LogP contribution is 2.26. The van der Waals surface area contributed by atoms with Crippen LogP contribution >= 0.6 is 0 Å². The zero-order chi connectivity index (χ0) is 54.8. The van der Waals surface area contributed by atoms with E-state index in [-0.39, 0.29) is 156 Å². The van der Waals surface area contributed by atoms with Gasteiger partial charge in [0.05, 0.1) is 44.5 Å². The Kier molecular flexibility index (Phi) is 20.1. The van der Waals surface area contributed by atoms with Crippen molar-refractivity contribution in [2.24, 2.45) is 0 Å². The van der Waals surface area contributed by atoms with Crippen molar-refractivity contribution >= 4 is 47.3 Å². The molecule has 24 heteroatoms. The van der Waals surface area contributed by atoms with E-state index in [4.69, 9.17) is 0 Å². The highest BCUT2D eigenvalue weighted by molar-refractivity contribution is 6.06. The van der Waals surface area contributed by atoms with Crippen LogP contribution in [0.25, 0.3) is 0 Å². The van der Waals surface area contributed by atoms with Gasteiger partial charge in [-0.05, 0) is 61.5 Å². The summed E-state index contributed by atoms with van der Waals surface area (Å²) in [6.07, 6.45) is 0.375. The van der Waals surface area contributed by atoms with Crippen LogP contribution in [0.15, 0.2) is 72.8 Å². The summed E-state index contributed by atoms with van der Waals surface area (Å²) >= 11 is 0. The lowest BCUT2D eigenvalue weighted by atomic mass is 10.1. The normalized spacial score (nSPS) is 21.9. The summed E-state index contributed by atoms with van der Waals surface area (Å²) < 4.78 is 0. The molecule has 2 atom stereocenters. The minimum absolute atomic E-state index is 0.0289. The molecule has 410 valence electrons. The van der Waals surface area contributed by atoms with Gasteiger partial charge in [0.15, 0.2) is 0 Å². The quantitative estimate of drug-likeness (QED) is 0.101. The molecule has 3 aliphatic rings. The fourth-order valence-corrected chi connectivity index (χ4v) is 9.11. The van der Waals surface area contributed by atoms with E-state index in [1.807, 2.05) is 19.6 Å². The summed E-state index contributed by atoms with van der Waals surface area (Å²) in [5.74, 6) is -7.17. The van der Waals surface area contributed by atoms with Crippen molar-refractivity contribution in [2.45, 2.75) is 6.42 Å². The second-order valence-electron chi connectivity index (χ2n) is 18.6. The van der Waals surface area contributed by atoms with Gasteiger partial charge in [0.1, 0.15) is 23.0 Å². The molecule has 2 unspecified atom stereocenters. The van der Waals surface area contributed by atoms with Crippen molar-refractivity contribution in [1.82, 2.24) is 62.1 Å². The number of hydrogen-bond donors (Lipinski definition) is 12. The zero-order valence-electron chi connectivity index (χ0n) is 42.6. The largest absolute Gasteiger partial charge is 0.506 e. The molecule has 77 heavy (non-hydrogen) atoms. The Morgan fingerprint density at radius 3 is 0.610 bits per heavy atom. The number of carbonyl (C=O) groups excluding carboxylic acids is 8. The molecule has 0 saturated carbocycles. The maximum Gasteiger partial charge on any atom is 0.255 e. The van der Waals surface area contributed by atoms with E-state index in [0.29, 0.717) is 26.1 Å². The molecular weight excluding hydrogens is 997 g/mol. The molecule has 0 fully saturated rings. The molecule has 4 aromatic rings. The van der Waals surface area contributed by atoms with E-state index in [1.165, 1.54) is 72.8 Å². The number of fused-ring (bicyclic) bond motifs is 20. The molecule has 0 saturated heterocycles. The Hall–Kier alpha value is -8.32. The van der Waals surface area contributed by atoms with Crippen molar-refractivity contribution in [2.75, 3.05) is 131 Å². The van der Waals surface area contributed by atoms with Crippen molar-refractivity contribution in [3.05, 3.63) is 117 Å². The van der Waals surface area contributed by atoms with Crippen molar-refractivity contribution in [3.8, 4) is 23.0 Å². The van der Waals surface area contributed by atoms with Crippen LogP contribution < -0.4 is 42.5 Å². The second-order valence-corrected chi connectivity index (χ2v) is 18.6.